The average molecular weight is 423 g/mol. The molecular formula is C18H18INO3. The number of amides is 1. The summed E-state index contributed by atoms with van der Waals surface area (Å²) in [4.78, 5) is 23.5. The van der Waals surface area contributed by atoms with Crippen molar-refractivity contribution >= 4 is 40.0 Å². The zero-order valence-electron chi connectivity index (χ0n) is 13.1. The van der Waals surface area contributed by atoms with E-state index in [0.717, 1.165) is 14.8 Å². The van der Waals surface area contributed by atoms with Gasteiger partial charge in [-0.15, -0.1) is 0 Å². The Balaban J connectivity index is 1.90. The molecule has 4 nitrogen and oxygen atoms in total. The van der Waals surface area contributed by atoms with E-state index in [1.165, 1.54) is 0 Å². The highest BCUT2D eigenvalue weighted by molar-refractivity contribution is 14.1. The van der Waals surface area contributed by atoms with Crippen LogP contribution in [0.1, 0.15) is 29.3 Å². The van der Waals surface area contributed by atoms with Crippen molar-refractivity contribution in [1.82, 2.24) is 0 Å². The van der Waals surface area contributed by atoms with Gasteiger partial charge in [-0.25, -0.2) is 0 Å². The molecule has 0 saturated carbocycles. The van der Waals surface area contributed by atoms with Gasteiger partial charge in [0.1, 0.15) is 5.75 Å². The highest BCUT2D eigenvalue weighted by Crippen LogP contribution is 2.18. The van der Waals surface area contributed by atoms with Crippen molar-refractivity contribution in [2.75, 3.05) is 11.9 Å². The highest BCUT2D eigenvalue weighted by Gasteiger charge is 2.07. The molecule has 120 valence electrons. The van der Waals surface area contributed by atoms with Crippen molar-refractivity contribution in [3.05, 3.63) is 57.2 Å². The second-order valence-electron chi connectivity index (χ2n) is 5.10. The maximum Gasteiger partial charge on any atom is 0.262 e. The first-order chi connectivity index (χ1) is 11.0. The molecule has 1 N–H and O–H groups in total. The van der Waals surface area contributed by atoms with Crippen LogP contribution in [0.25, 0.3) is 0 Å². The molecule has 0 bridgehead atoms. The van der Waals surface area contributed by atoms with Gasteiger partial charge < -0.3 is 10.1 Å². The predicted octanol–water partition coefficient (Wildman–Crippen LogP) is 4.21. The van der Waals surface area contributed by atoms with Gasteiger partial charge in [-0.05, 0) is 77.5 Å². The number of anilines is 1. The minimum atomic E-state index is -0.219. The predicted molar refractivity (Wildman–Crippen MR) is 99.1 cm³/mol. The van der Waals surface area contributed by atoms with Crippen molar-refractivity contribution in [2.45, 2.75) is 20.3 Å². The Morgan fingerprint density at radius 2 is 1.83 bits per heavy atom. The fraction of sp³-hybridized carbons (Fsp3) is 0.222. The lowest BCUT2D eigenvalue weighted by atomic mass is 10.1. The van der Waals surface area contributed by atoms with Crippen molar-refractivity contribution < 1.29 is 14.3 Å². The SMILES string of the molecule is CCC(=O)c1ccc(OCC(=O)Nc2ccc(I)cc2C)cc1. The molecule has 0 spiro atoms. The number of hydrogen-bond acceptors (Lipinski definition) is 3. The second kappa shape index (κ2) is 8.10. The fourth-order valence-corrected chi connectivity index (χ4v) is 2.69. The molecule has 0 heterocycles. The van der Waals surface area contributed by atoms with Crippen molar-refractivity contribution in [3.8, 4) is 5.75 Å². The summed E-state index contributed by atoms with van der Waals surface area (Å²) < 4.78 is 6.57. The molecular weight excluding hydrogens is 405 g/mol. The molecule has 0 aliphatic rings. The normalized spacial score (nSPS) is 10.2. The quantitative estimate of drug-likeness (QED) is 0.560. The first-order valence-electron chi connectivity index (χ1n) is 7.31. The molecule has 0 aromatic heterocycles. The number of carbonyl (C=O) groups excluding carboxylic acids is 2. The molecule has 23 heavy (non-hydrogen) atoms. The summed E-state index contributed by atoms with van der Waals surface area (Å²) in [6, 6.07) is 12.6. The number of benzene rings is 2. The molecule has 2 rings (SSSR count). The molecule has 2 aromatic carbocycles. The largest absolute Gasteiger partial charge is 0.484 e. The number of hydrogen-bond donors (Lipinski definition) is 1. The van der Waals surface area contributed by atoms with Crippen LogP contribution in [-0.4, -0.2) is 18.3 Å². The van der Waals surface area contributed by atoms with Crippen LogP contribution in [0.3, 0.4) is 0 Å². The first-order valence-corrected chi connectivity index (χ1v) is 8.39. The van der Waals surface area contributed by atoms with Gasteiger partial charge in [0.2, 0.25) is 0 Å². The van der Waals surface area contributed by atoms with E-state index in [0.29, 0.717) is 17.7 Å². The van der Waals surface area contributed by atoms with Gasteiger partial charge in [-0.1, -0.05) is 6.92 Å². The smallest absolute Gasteiger partial charge is 0.262 e. The van der Waals surface area contributed by atoms with E-state index < -0.39 is 0 Å². The number of nitrogens with one attached hydrogen (secondary N) is 1. The molecule has 0 aliphatic carbocycles. The number of ketones is 1. The Bertz CT molecular complexity index is 711. The monoisotopic (exact) mass is 423 g/mol. The van der Waals surface area contributed by atoms with Gasteiger partial charge in [0, 0.05) is 21.2 Å². The lowest BCUT2D eigenvalue weighted by Crippen LogP contribution is -2.20. The summed E-state index contributed by atoms with van der Waals surface area (Å²) in [6.45, 7) is 3.69. The van der Waals surface area contributed by atoms with Crippen LogP contribution in [0.2, 0.25) is 0 Å². The van der Waals surface area contributed by atoms with Crippen LogP contribution in [0.15, 0.2) is 42.5 Å². The van der Waals surface area contributed by atoms with Crippen LogP contribution in [0.5, 0.6) is 5.75 Å². The highest BCUT2D eigenvalue weighted by atomic mass is 127. The van der Waals surface area contributed by atoms with Crippen LogP contribution in [0.4, 0.5) is 5.69 Å². The third-order valence-electron chi connectivity index (χ3n) is 3.33. The lowest BCUT2D eigenvalue weighted by Gasteiger charge is -2.10. The summed E-state index contributed by atoms with van der Waals surface area (Å²) in [7, 11) is 0. The number of rotatable bonds is 6. The third kappa shape index (κ3) is 5.06. The summed E-state index contributed by atoms with van der Waals surface area (Å²) >= 11 is 2.23. The average Bonchev–Trinajstić information content (AvgIpc) is 2.55. The Hall–Kier alpha value is -1.89. The summed E-state index contributed by atoms with van der Waals surface area (Å²) in [6.07, 6.45) is 0.470. The number of carbonyl (C=O) groups is 2. The molecule has 2 aromatic rings. The van der Waals surface area contributed by atoms with Gasteiger partial charge >= 0.3 is 0 Å². The van der Waals surface area contributed by atoms with E-state index in [9.17, 15) is 9.59 Å². The Kier molecular flexibility index (Phi) is 6.15. The zero-order chi connectivity index (χ0) is 16.8. The van der Waals surface area contributed by atoms with Gasteiger partial charge in [-0.2, -0.15) is 0 Å². The summed E-state index contributed by atoms with van der Waals surface area (Å²) in [5.41, 5.74) is 2.44. The van der Waals surface area contributed by atoms with E-state index >= 15 is 0 Å². The molecule has 1 amide bonds. The zero-order valence-corrected chi connectivity index (χ0v) is 15.2. The number of Topliss-reactive ketones (excluding diaryl/α,β-unsaturated/α-hetero) is 1. The van der Waals surface area contributed by atoms with Crippen molar-refractivity contribution in [2.24, 2.45) is 0 Å². The van der Waals surface area contributed by atoms with E-state index in [2.05, 4.69) is 27.9 Å². The Morgan fingerprint density at radius 1 is 1.13 bits per heavy atom. The van der Waals surface area contributed by atoms with Gasteiger partial charge in [-0.3, -0.25) is 9.59 Å². The fourth-order valence-electron chi connectivity index (χ4n) is 2.04. The van der Waals surface area contributed by atoms with E-state index in [4.69, 9.17) is 4.74 Å². The second-order valence-corrected chi connectivity index (χ2v) is 6.34. The minimum absolute atomic E-state index is 0.0769. The van der Waals surface area contributed by atoms with Crippen LogP contribution in [-0.2, 0) is 4.79 Å². The van der Waals surface area contributed by atoms with E-state index in [1.807, 2.05) is 32.0 Å². The van der Waals surface area contributed by atoms with Gasteiger partial charge in [0.05, 0.1) is 0 Å². The van der Waals surface area contributed by atoms with Crippen molar-refractivity contribution in [3.63, 3.8) is 0 Å². The maximum absolute atomic E-state index is 12.0. The van der Waals surface area contributed by atoms with E-state index in [1.54, 1.807) is 24.3 Å². The maximum atomic E-state index is 12.0. The van der Waals surface area contributed by atoms with Crippen LogP contribution >= 0.6 is 22.6 Å². The Morgan fingerprint density at radius 3 is 2.43 bits per heavy atom. The topological polar surface area (TPSA) is 55.4 Å². The Labute approximate surface area is 149 Å². The standard InChI is InChI=1S/C18H18INO3/c1-3-17(21)13-4-7-15(8-5-13)23-11-18(22)20-16-9-6-14(19)10-12(16)2/h4-10H,3,11H2,1-2H3,(H,20,22). The molecule has 0 unspecified atom stereocenters. The van der Waals surface area contributed by atoms with Crippen LogP contribution in [0, 0.1) is 10.5 Å². The minimum Gasteiger partial charge on any atom is -0.484 e. The summed E-state index contributed by atoms with van der Waals surface area (Å²) in [5.74, 6) is 0.429. The number of ether oxygens (including phenoxy) is 1. The van der Waals surface area contributed by atoms with Gasteiger partial charge in [0.25, 0.3) is 5.91 Å². The first kappa shape index (κ1) is 17.5. The number of halogens is 1. The summed E-state index contributed by atoms with van der Waals surface area (Å²) in [5, 5.41) is 2.83. The molecule has 0 radical (unpaired) electrons. The molecule has 5 heteroatoms. The number of aryl methyl sites for hydroxylation is 1. The lowest BCUT2D eigenvalue weighted by molar-refractivity contribution is -0.118. The molecule has 0 saturated heterocycles. The van der Waals surface area contributed by atoms with Crippen LogP contribution < -0.4 is 10.1 Å². The van der Waals surface area contributed by atoms with E-state index in [-0.39, 0.29) is 18.3 Å². The molecule has 0 atom stereocenters. The van der Waals surface area contributed by atoms with Gasteiger partial charge in [0.15, 0.2) is 12.4 Å². The third-order valence-corrected chi connectivity index (χ3v) is 4.00. The molecule has 0 aliphatic heterocycles. The molecule has 0 fully saturated rings. The van der Waals surface area contributed by atoms with Crippen molar-refractivity contribution in [1.29, 1.82) is 0 Å².